The molecule has 0 spiro atoms. The van der Waals surface area contributed by atoms with Gasteiger partial charge in [-0.3, -0.25) is 20.4 Å². The Balaban J connectivity index is 1.48. The first-order valence-corrected chi connectivity index (χ1v) is 9.13. The Hall–Kier alpha value is -3.31. The molecule has 0 atom stereocenters. The largest absolute Gasteiger partial charge is 0.493 e. The van der Waals surface area contributed by atoms with Gasteiger partial charge in [-0.1, -0.05) is 54.1 Å². The van der Waals surface area contributed by atoms with Gasteiger partial charge in [-0.05, 0) is 42.0 Å². The molecular weight excluding hydrogens is 376 g/mol. The highest BCUT2D eigenvalue weighted by molar-refractivity contribution is 6.33. The molecule has 0 aliphatic heterocycles. The summed E-state index contributed by atoms with van der Waals surface area (Å²) >= 11 is 5.96. The zero-order chi connectivity index (χ0) is 19.8. The number of hydrogen-bond acceptors (Lipinski definition) is 3. The van der Waals surface area contributed by atoms with Gasteiger partial charge < -0.3 is 4.74 Å². The fourth-order valence-corrected chi connectivity index (χ4v) is 2.75. The van der Waals surface area contributed by atoms with Crippen LogP contribution in [0.4, 0.5) is 0 Å². The van der Waals surface area contributed by atoms with Gasteiger partial charge in [-0.25, -0.2) is 0 Å². The van der Waals surface area contributed by atoms with Gasteiger partial charge in [0.2, 0.25) is 0 Å². The topological polar surface area (TPSA) is 67.4 Å². The molecule has 0 fully saturated rings. The van der Waals surface area contributed by atoms with Crippen molar-refractivity contribution in [2.75, 3.05) is 6.61 Å². The first-order valence-electron chi connectivity index (χ1n) is 8.75. The van der Waals surface area contributed by atoms with Gasteiger partial charge >= 0.3 is 0 Å². The smallest absolute Gasteiger partial charge is 0.271 e. The van der Waals surface area contributed by atoms with E-state index in [2.05, 4.69) is 10.9 Å². The van der Waals surface area contributed by atoms with Crippen LogP contribution in [-0.4, -0.2) is 18.4 Å². The van der Waals surface area contributed by atoms with Crippen molar-refractivity contribution in [2.45, 2.75) is 6.42 Å². The lowest BCUT2D eigenvalue weighted by Crippen LogP contribution is -2.41. The molecule has 0 aromatic heterocycles. The summed E-state index contributed by atoms with van der Waals surface area (Å²) in [5.41, 5.74) is 6.61. The number of nitrogens with one attached hydrogen (secondary N) is 2. The van der Waals surface area contributed by atoms with Crippen molar-refractivity contribution in [3.8, 4) is 5.75 Å². The second-order valence-electron chi connectivity index (χ2n) is 6.00. The van der Waals surface area contributed by atoms with Crippen LogP contribution >= 0.6 is 11.6 Å². The lowest BCUT2D eigenvalue weighted by atomic mass is 10.2. The second kappa shape index (κ2) is 9.58. The molecule has 3 aromatic carbocycles. The summed E-state index contributed by atoms with van der Waals surface area (Å²) in [6, 6.07) is 23.4. The standard InChI is InChI=1S/C22H19ClN2O3/c23-20-9-5-4-8-19(20)22(27)25-24-21(26)17-10-12-18(13-11-17)28-15-14-16-6-2-1-3-7-16/h1-13H,14-15H2,(H,24,26)(H,25,27). The van der Waals surface area contributed by atoms with E-state index >= 15 is 0 Å². The van der Waals surface area contributed by atoms with Crippen LogP contribution in [0, 0.1) is 0 Å². The summed E-state index contributed by atoms with van der Waals surface area (Å²) < 4.78 is 5.70. The number of ether oxygens (including phenoxy) is 1. The third-order valence-corrected chi connectivity index (χ3v) is 4.36. The van der Waals surface area contributed by atoms with E-state index in [-0.39, 0.29) is 5.56 Å². The molecule has 142 valence electrons. The first kappa shape index (κ1) is 19.5. The van der Waals surface area contributed by atoms with Crippen molar-refractivity contribution >= 4 is 23.4 Å². The Kier molecular flexibility index (Phi) is 6.65. The Morgan fingerprint density at radius 1 is 0.786 bits per heavy atom. The maximum Gasteiger partial charge on any atom is 0.271 e. The molecule has 0 bridgehead atoms. The minimum atomic E-state index is -0.486. The number of carbonyl (C=O) groups excluding carboxylic acids is 2. The van der Waals surface area contributed by atoms with Crippen LogP contribution in [0.2, 0.25) is 5.02 Å². The quantitative estimate of drug-likeness (QED) is 0.620. The number of hydrogen-bond donors (Lipinski definition) is 2. The van der Waals surface area contributed by atoms with Crippen LogP contribution in [0.1, 0.15) is 26.3 Å². The van der Waals surface area contributed by atoms with Crippen LogP contribution in [0.5, 0.6) is 5.75 Å². The highest BCUT2D eigenvalue weighted by Crippen LogP contribution is 2.15. The van der Waals surface area contributed by atoms with E-state index in [1.807, 2.05) is 30.3 Å². The van der Waals surface area contributed by atoms with Crippen molar-refractivity contribution in [1.29, 1.82) is 0 Å². The molecule has 0 saturated heterocycles. The molecule has 0 saturated carbocycles. The highest BCUT2D eigenvalue weighted by Gasteiger charge is 2.11. The van der Waals surface area contributed by atoms with Crippen molar-refractivity contribution in [3.05, 3.63) is 101 Å². The fourth-order valence-electron chi connectivity index (χ4n) is 2.53. The van der Waals surface area contributed by atoms with Gasteiger partial charge in [0.05, 0.1) is 17.2 Å². The summed E-state index contributed by atoms with van der Waals surface area (Å²) in [6.45, 7) is 0.545. The molecule has 5 nitrogen and oxygen atoms in total. The molecule has 6 heteroatoms. The van der Waals surface area contributed by atoms with E-state index in [0.29, 0.717) is 22.9 Å². The summed E-state index contributed by atoms with van der Waals surface area (Å²) in [5.74, 6) is -0.247. The zero-order valence-electron chi connectivity index (χ0n) is 15.0. The average molecular weight is 395 g/mol. The number of rotatable bonds is 6. The van der Waals surface area contributed by atoms with Crippen molar-refractivity contribution in [1.82, 2.24) is 10.9 Å². The summed E-state index contributed by atoms with van der Waals surface area (Å²) in [7, 11) is 0. The molecule has 2 N–H and O–H groups in total. The number of halogens is 1. The van der Waals surface area contributed by atoms with Gasteiger partial charge in [0.1, 0.15) is 5.75 Å². The third kappa shape index (κ3) is 5.34. The van der Waals surface area contributed by atoms with Gasteiger partial charge in [0.15, 0.2) is 0 Å². The molecule has 3 rings (SSSR count). The van der Waals surface area contributed by atoms with Crippen LogP contribution in [0.25, 0.3) is 0 Å². The SMILES string of the molecule is O=C(NNC(=O)c1ccccc1Cl)c1ccc(OCCc2ccccc2)cc1. The fraction of sp³-hybridized carbons (Fsp3) is 0.0909. The Bertz CT molecular complexity index is 944. The Morgan fingerprint density at radius 2 is 1.43 bits per heavy atom. The first-order chi connectivity index (χ1) is 13.6. The number of hydrazine groups is 1. The summed E-state index contributed by atoms with van der Waals surface area (Å²) in [6.07, 6.45) is 0.803. The lowest BCUT2D eigenvalue weighted by Gasteiger charge is -2.09. The Labute approximate surface area is 168 Å². The number of amides is 2. The van der Waals surface area contributed by atoms with Crippen molar-refractivity contribution in [3.63, 3.8) is 0 Å². The monoisotopic (exact) mass is 394 g/mol. The van der Waals surface area contributed by atoms with Crippen LogP contribution < -0.4 is 15.6 Å². The van der Waals surface area contributed by atoms with Gasteiger partial charge in [-0.2, -0.15) is 0 Å². The van der Waals surface area contributed by atoms with Crippen molar-refractivity contribution in [2.24, 2.45) is 0 Å². The Morgan fingerprint density at radius 3 is 2.14 bits per heavy atom. The second-order valence-corrected chi connectivity index (χ2v) is 6.40. The van der Waals surface area contributed by atoms with Crippen LogP contribution in [0.15, 0.2) is 78.9 Å². The average Bonchev–Trinajstić information content (AvgIpc) is 2.73. The van der Waals surface area contributed by atoms with Crippen LogP contribution in [-0.2, 0) is 6.42 Å². The molecule has 0 aliphatic carbocycles. The third-order valence-electron chi connectivity index (χ3n) is 4.03. The predicted octanol–water partition coefficient (Wildman–Crippen LogP) is 4.04. The summed E-state index contributed by atoms with van der Waals surface area (Å²) in [4.78, 5) is 24.2. The molecule has 0 heterocycles. The van der Waals surface area contributed by atoms with E-state index in [1.165, 1.54) is 5.56 Å². The van der Waals surface area contributed by atoms with E-state index < -0.39 is 11.8 Å². The number of benzene rings is 3. The normalized spacial score (nSPS) is 10.2. The molecule has 0 aliphatic rings. The van der Waals surface area contributed by atoms with Crippen molar-refractivity contribution < 1.29 is 14.3 Å². The molecule has 2 amide bonds. The minimum Gasteiger partial charge on any atom is -0.493 e. The maximum absolute atomic E-state index is 12.2. The molecule has 3 aromatic rings. The van der Waals surface area contributed by atoms with E-state index in [4.69, 9.17) is 16.3 Å². The number of carbonyl (C=O) groups is 2. The zero-order valence-corrected chi connectivity index (χ0v) is 15.8. The van der Waals surface area contributed by atoms with E-state index in [9.17, 15) is 9.59 Å². The molecule has 0 unspecified atom stereocenters. The molecular formula is C22H19ClN2O3. The van der Waals surface area contributed by atoms with Gasteiger partial charge in [0.25, 0.3) is 11.8 Å². The minimum absolute atomic E-state index is 0.284. The lowest BCUT2D eigenvalue weighted by molar-refractivity contribution is 0.0846. The molecule has 28 heavy (non-hydrogen) atoms. The highest BCUT2D eigenvalue weighted by atomic mass is 35.5. The van der Waals surface area contributed by atoms with E-state index in [1.54, 1.807) is 48.5 Å². The predicted molar refractivity (Wildman–Crippen MR) is 108 cm³/mol. The van der Waals surface area contributed by atoms with E-state index in [0.717, 1.165) is 6.42 Å². The van der Waals surface area contributed by atoms with Gasteiger partial charge in [-0.15, -0.1) is 0 Å². The maximum atomic E-state index is 12.2. The van der Waals surface area contributed by atoms with Gasteiger partial charge in [0, 0.05) is 12.0 Å². The van der Waals surface area contributed by atoms with Crippen LogP contribution in [0.3, 0.4) is 0 Å². The summed E-state index contributed by atoms with van der Waals surface area (Å²) in [5, 5.41) is 0.311. The molecule has 0 radical (unpaired) electrons.